The lowest BCUT2D eigenvalue weighted by molar-refractivity contribution is 0.646. The number of fused-ring (bicyclic) bond motifs is 9. The van der Waals surface area contributed by atoms with Crippen LogP contribution in [-0.2, 0) is 5.41 Å². The third kappa shape index (κ3) is 4.70. The predicted octanol–water partition coefficient (Wildman–Crippen LogP) is 12.0. The number of hydrogen-bond donors (Lipinski definition) is 1. The van der Waals surface area contributed by atoms with Gasteiger partial charge in [-0.05, 0) is 44.8 Å². The van der Waals surface area contributed by atoms with Crippen LogP contribution in [0.3, 0.4) is 0 Å². The van der Waals surface area contributed by atoms with Crippen LogP contribution < -0.4 is 5.32 Å². The molecule has 2 aliphatic rings. The Balaban J connectivity index is 1.28. The van der Waals surface area contributed by atoms with Gasteiger partial charge in [-0.3, -0.25) is 9.56 Å². The Hall–Kier alpha value is -6.45. The van der Waals surface area contributed by atoms with E-state index in [1.54, 1.807) is 0 Å². The molecule has 1 N–H and O–H groups in total. The maximum atomic E-state index is 5.38. The number of nitrogens with one attached hydrogen (secondary N) is 1. The molecule has 10 rings (SSSR count). The second-order valence-corrected chi connectivity index (χ2v) is 14.4. The molecular formula is C49H37N3. The van der Waals surface area contributed by atoms with Gasteiger partial charge in [-0.1, -0.05) is 184 Å². The van der Waals surface area contributed by atoms with Crippen LogP contribution >= 0.6 is 0 Å². The lowest BCUT2D eigenvalue weighted by Gasteiger charge is -2.29. The maximum absolute atomic E-state index is 5.38. The van der Waals surface area contributed by atoms with Crippen molar-refractivity contribution in [3.63, 3.8) is 0 Å². The SMILES string of the molecule is CC1(C)c2ccccc2-c2c(n(C3=CC(c4ccc(-c5ccccc5)cc4)N=C(c4ccccc4)N3)c3c2ccc2ccccc23)-c2ccccc21. The van der Waals surface area contributed by atoms with Gasteiger partial charge in [0, 0.05) is 32.9 Å². The van der Waals surface area contributed by atoms with Gasteiger partial charge in [0.1, 0.15) is 11.7 Å². The number of amidine groups is 1. The lowest BCUT2D eigenvalue weighted by atomic mass is 9.75. The van der Waals surface area contributed by atoms with E-state index < -0.39 is 0 Å². The molecule has 0 spiro atoms. The molecule has 7 aromatic carbocycles. The Morgan fingerprint density at radius 2 is 1.13 bits per heavy atom. The van der Waals surface area contributed by atoms with E-state index in [4.69, 9.17) is 4.99 Å². The molecule has 8 aromatic rings. The average Bonchev–Trinajstić information content (AvgIpc) is 3.53. The van der Waals surface area contributed by atoms with Gasteiger partial charge < -0.3 is 5.32 Å². The van der Waals surface area contributed by atoms with Crippen molar-refractivity contribution in [3.05, 3.63) is 198 Å². The average molecular weight is 668 g/mol. The third-order valence-corrected chi connectivity index (χ3v) is 11.1. The number of nitrogens with zero attached hydrogens (tertiary/aromatic N) is 2. The molecule has 0 saturated carbocycles. The van der Waals surface area contributed by atoms with Crippen molar-refractivity contribution in [2.75, 3.05) is 0 Å². The molecule has 2 heterocycles. The van der Waals surface area contributed by atoms with Crippen molar-refractivity contribution in [1.82, 2.24) is 9.88 Å². The molecule has 0 saturated heterocycles. The second-order valence-electron chi connectivity index (χ2n) is 14.4. The topological polar surface area (TPSA) is 29.3 Å². The molecule has 0 bridgehead atoms. The standard InChI is InChI=1S/C49H37N3/c1-49(2)41-23-13-11-21-38(41)45-40-30-29-34-17-9-10-20-37(34)46(40)52(47(45)39-22-12-14-24-42(39)49)44-31-43(50-48(51-44)36-18-7-4-8-19-36)35-27-25-33(26-28-35)32-15-5-3-6-16-32/h3-31,43H,1-2H3,(H,50,51). The first-order valence-corrected chi connectivity index (χ1v) is 18.1. The van der Waals surface area contributed by atoms with Gasteiger partial charge in [-0.2, -0.15) is 0 Å². The quantitative estimate of drug-likeness (QED) is 0.199. The van der Waals surface area contributed by atoms with Crippen molar-refractivity contribution in [2.24, 2.45) is 4.99 Å². The molecule has 0 radical (unpaired) electrons. The summed E-state index contributed by atoms with van der Waals surface area (Å²) in [5, 5.41) is 7.56. The molecule has 248 valence electrons. The first-order valence-electron chi connectivity index (χ1n) is 18.1. The molecular weight excluding hydrogens is 631 g/mol. The van der Waals surface area contributed by atoms with E-state index >= 15 is 0 Å². The highest BCUT2D eigenvalue weighted by molar-refractivity contribution is 6.18. The first kappa shape index (κ1) is 30.4. The smallest absolute Gasteiger partial charge is 0.134 e. The van der Waals surface area contributed by atoms with Crippen molar-refractivity contribution >= 4 is 33.3 Å². The van der Waals surface area contributed by atoms with Crippen molar-refractivity contribution in [1.29, 1.82) is 0 Å². The van der Waals surface area contributed by atoms with Crippen LogP contribution in [0.5, 0.6) is 0 Å². The van der Waals surface area contributed by atoms with Crippen molar-refractivity contribution in [2.45, 2.75) is 25.3 Å². The predicted molar refractivity (Wildman–Crippen MR) is 217 cm³/mol. The fourth-order valence-corrected chi connectivity index (χ4v) is 8.51. The maximum Gasteiger partial charge on any atom is 0.134 e. The Kier molecular flexibility index (Phi) is 6.91. The minimum absolute atomic E-state index is 0.205. The highest BCUT2D eigenvalue weighted by Crippen LogP contribution is 2.53. The molecule has 52 heavy (non-hydrogen) atoms. The minimum Gasteiger partial charge on any atom is -0.326 e. The van der Waals surface area contributed by atoms with Crippen molar-refractivity contribution < 1.29 is 0 Å². The van der Waals surface area contributed by atoms with Crippen LogP contribution in [0, 0.1) is 0 Å². The van der Waals surface area contributed by atoms with E-state index in [0.29, 0.717) is 0 Å². The summed E-state index contributed by atoms with van der Waals surface area (Å²) < 4.78 is 2.51. The number of aliphatic imine (C=N–C) groups is 1. The van der Waals surface area contributed by atoms with E-state index in [1.165, 1.54) is 66.3 Å². The highest BCUT2D eigenvalue weighted by atomic mass is 15.2. The molecule has 1 aliphatic heterocycles. The zero-order chi connectivity index (χ0) is 34.8. The Bertz CT molecular complexity index is 2710. The van der Waals surface area contributed by atoms with E-state index in [-0.39, 0.29) is 11.5 Å². The highest BCUT2D eigenvalue weighted by Gasteiger charge is 2.37. The molecule has 0 fully saturated rings. The van der Waals surface area contributed by atoms with Crippen LogP contribution in [0.1, 0.15) is 42.1 Å². The van der Waals surface area contributed by atoms with Crippen LogP contribution in [0.4, 0.5) is 0 Å². The summed E-state index contributed by atoms with van der Waals surface area (Å²) in [5.41, 5.74) is 13.2. The lowest BCUT2D eigenvalue weighted by Crippen LogP contribution is -2.30. The molecule has 1 atom stereocenters. The summed E-state index contributed by atoms with van der Waals surface area (Å²) in [5.74, 6) is 1.86. The van der Waals surface area contributed by atoms with Gasteiger partial charge in [0.05, 0.1) is 17.3 Å². The largest absolute Gasteiger partial charge is 0.326 e. The summed E-state index contributed by atoms with van der Waals surface area (Å²) in [6.07, 6.45) is 2.32. The van der Waals surface area contributed by atoms with Gasteiger partial charge in [-0.15, -0.1) is 0 Å². The van der Waals surface area contributed by atoms with E-state index in [0.717, 1.165) is 22.8 Å². The number of aromatic nitrogens is 1. The number of rotatable bonds is 4. The Labute approximate surface area is 304 Å². The molecule has 1 unspecified atom stereocenters. The molecule has 3 nitrogen and oxygen atoms in total. The molecule has 1 aromatic heterocycles. The summed E-state index contributed by atoms with van der Waals surface area (Å²) >= 11 is 0. The zero-order valence-electron chi connectivity index (χ0n) is 29.2. The van der Waals surface area contributed by atoms with Gasteiger partial charge in [0.2, 0.25) is 0 Å². The Morgan fingerprint density at radius 1 is 0.538 bits per heavy atom. The van der Waals surface area contributed by atoms with E-state index in [1.807, 2.05) is 0 Å². The molecule has 3 heteroatoms. The van der Waals surface area contributed by atoms with Gasteiger partial charge in [0.25, 0.3) is 0 Å². The van der Waals surface area contributed by atoms with Crippen LogP contribution in [0.25, 0.3) is 61.0 Å². The normalized spacial score (nSPS) is 15.8. The number of hydrogen-bond acceptors (Lipinski definition) is 2. The van der Waals surface area contributed by atoms with Crippen molar-refractivity contribution in [3.8, 4) is 33.5 Å². The Morgan fingerprint density at radius 3 is 1.88 bits per heavy atom. The van der Waals surface area contributed by atoms with E-state index in [2.05, 4.69) is 200 Å². The van der Waals surface area contributed by atoms with Gasteiger partial charge in [0.15, 0.2) is 0 Å². The summed E-state index contributed by atoms with van der Waals surface area (Å²) in [6, 6.07) is 61.2. The fourth-order valence-electron chi connectivity index (χ4n) is 8.51. The monoisotopic (exact) mass is 667 g/mol. The van der Waals surface area contributed by atoms with Crippen LogP contribution in [0.15, 0.2) is 181 Å². The van der Waals surface area contributed by atoms with E-state index in [9.17, 15) is 0 Å². The third-order valence-electron chi connectivity index (χ3n) is 11.1. The summed E-state index contributed by atoms with van der Waals surface area (Å²) in [7, 11) is 0. The molecule has 1 aliphatic carbocycles. The molecule has 0 amide bonds. The summed E-state index contributed by atoms with van der Waals surface area (Å²) in [4.78, 5) is 5.38. The number of benzene rings is 7. The van der Waals surface area contributed by atoms with Crippen LogP contribution in [0.2, 0.25) is 0 Å². The first-order chi connectivity index (χ1) is 25.6. The summed E-state index contributed by atoms with van der Waals surface area (Å²) in [6.45, 7) is 4.73. The van der Waals surface area contributed by atoms with Gasteiger partial charge >= 0.3 is 0 Å². The zero-order valence-corrected chi connectivity index (χ0v) is 29.2. The van der Waals surface area contributed by atoms with Crippen LogP contribution in [-0.4, -0.2) is 10.4 Å². The fraction of sp³-hybridized carbons (Fsp3) is 0.0816. The minimum atomic E-state index is -0.214. The van der Waals surface area contributed by atoms with Gasteiger partial charge in [-0.25, -0.2) is 0 Å². The second kappa shape index (κ2) is 11.8.